The summed E-state index contributed by atoms with van der Waals surface area (Å²) >= 11 is 0. The van der Waals surface area contributed by atoms with E-state index >= 15 is 0 Å². The summed E-state index contributed by atoms with van der Waals surface area (Å²) < 4.78 is 9.55. The van der Waals surface area contributed by atoms with E-state index < -0.39 is 30.5 Å². The molecule has 2 rings (SSSR count). The summed E-state index contributed by atoms with van der Waals surface area (Å²) in [5.41, 5.74) is 6.17. The average molecular weight is 358 g/mol. The van der Waals surface area contributed by atoms with Crippen LogP contribution in [-0.4, -0.2) is 47.6 Å². The monoisotopic (exact) mass is 358 g/mol. The highest BCUT2D eigenvalue weighted by Crippen LogP contribution is 2.06. The Balaban J connectivity index is 1.93. The zero-order valence-corrected chi connectivity index (χ0v) is 14.0. The summed E-state index contributed by atoms with van der Waals surface area (Å²) in [4.78, 5) is 43.2. The van der Waals surface area contributed by atoms with Crippen LogP contribution in [0.3, 0.4) is 0 Å². The SMILES string of the molecule is COC(=O)C(Cc1ccccc1)NC(=O)COC(=O)c1nccnc1N. The Labute approximate surface area is 149 Å². The van der Waals surface area contributed by atoms with Gasteiger partial charge in [0.05, 0.1) is 7.11 Å². The van der Waals surface area contributed by atoms with E-state index in [4.69, 9.17) is 15.2 Å². The summed E-state index contributed by atoms with van der Waals surface area (Å²) in [5.74, 6) is -2.25. The molecule has 3 N–H and O–H groups in total. The molecule has 0 saturated carbocycles. The van der Waals surface area contributed by atoms with Crippen LogP contribution in [0, 0.1) is 0 Å². The van der Waals surface area contributed by atoms with Crippen LogP contribution in [0.25, 0.3) is 0 Å². The number of nitrogens with zero attached hydrogens (tertiary/aromatic N) is 2. The Kier molecular flexibility index (Phi) is 6.60. The van der Waals surface area contributed by atoms with E-state index in [-0.39, 0.29) is 17.9 Å². The molecule has 1 heterocycles. The average Bonchev–Trinajstić information content (AvgIpc) is 2.66. The van der Waals surface area contributed by atoms with Gasteiger partial charge in [0, 0.05) is 18.8 Å². The number of ether oxygens (including phenoxy) is 2. The van der Waals surface area contributed by atoms with Crippen molar-refractivity contribution < 1.29 is 23.9 Å². The fourth-order valence-electron chi connectivity index (χ4n) is 2.13. The number of carbonyl (C=O) groups excluding carboxylic acids is 3. The van der Waals surface area contributed by atoms with Crippen molar-refractivity contribution in [3.63, 3.8) is 0 Å². The maximum atomic E-state index is 12.0. The van der Waals surface area contributed by atoms with Crippen molar-refractivity contribution in [1.29, 1.82) is 0 Å². The molecule has 0 aliphatic heterocycles. The number of benzene rings is 1. The fourth-order valence-corrected chi connectivity index (χ4v) is 2.13. The summed E-state index contributed by atoms with van der Waals surface area (Å²) in [6.45, 7) is -0.600. The van der Waals surface area contributed by atoms with Crippen molar-refractivity contribution in [2.45, 2.75) is 12.5 Å². The van der Waals surface area contributed by atoms with Crippen LogP contribution in [0.5, 0.6) is 0 Å². The van der Waals surface area contributed by atoms with E-state index in [1.54, 1.807) is 0 Å². The van der Waals surface area contributed by atoms with Crippen LogP contribution in [0.15, 0.2) is 42.7 Å². The van der Waals surface area contributed by atoms with Gasteiger partial charge in [-0.15, -0.1) is 0 Å². The molecule has 2 aromatic rings. The Morgan fingerprint density at radius 3 is 2.50 bits per heavy atom. The van der Waals surface area contributed by atoms with Crippen molar-refractivity contribution in [2.24, 2.45) is 0 Å². The first-order valence-corrected chi connectivity index (χ1v) is 7.66. The van der Waals surface area contributed by atoms with Crippen molar-refractivity contribution in [3.8, 4) is 0 Å². The molecule has 1 aromatic heterocycles. The predicted molar refractivity (Wildman–Crippen MR) is 90.8 cm³/mol. The number of anilines is 1. The second-order valence-electron chi connectivity index (χ2n) is 5.20. The van der Waals surface area contributed by atoms with E-state index in [2.05, 4.69) is 15.3 Å². The molecule has 0 aliphatic carbocycles. The molecule has 136 valence electrons. The maximum Gasteiger partial charge on any atom is 0.361 e. The molecule has 0 saturated heterocycles. The highest BCUT2D eigenvalue weighted by molar-refractivity contribution is 5.93. The third-order valence-electron chi connectivity index (χ3n) is 3.36. The lowest BCUT2D eigenvalue weighted by atomic mass is 10.1. The van der Waals surface area contributed by atoms with Crippen LogP contribution in [-0.2, 0) is 25.5 Å². The van der Waals surface area contributed by atoms with Crippen molar-refractivity contribution >= 4 is 23.7 Å². The topological polar surface area (TPSA) is 134 Å². The molecule has 1 atom stereocenters. The summed E-state index contributed by atoms with van der Waals surface area (Å²) in [6, 6.07) is 8.21. The van der Waals surface area contributed by atoms with Gasteiger partial charge in [0.25, 0.3) is 5.91 Å². The molecule has 26 heavy (non-hydrogen) atoms. The van der Waals surface area contributed by atoms with Gasteiger partial charge >= 0.3 is 11.9 Å². The van der Waals surface area contributed by atoms with Gasteiger partial charge in [-0.2, -0.15) is 0 Å². The molecule has 9 nitrogen and oxygen atoms in total. The van der Waals surface area contributed by atoms with Crippen molar-refractivity contribution in [3.05, 3.63) is 54.0 Å². The molecule has 0 bridgehead atoms. The highest BCUT2D eigenvalue weighted by Gasteiger charge is 2.23. The van der Waals surface area contributed by atoms with Crippen molar-refractivity contribution in [2.75, 3.05) is 19.5 Å². The first-order chi connectivity index (χ1) is 12.5. The number of rotatable bonds is 7. The van der Waals surface area contributed by atoms with Gasteiger partial charge in [-0.3, -0.25) is 4.79 Å². The van der Waals surface area contributed by atoms with Gasteiger partial charge in [0.15, 0.2) is 18.1 Å². The molecule has 9 heteroatoms. The molecule has 0 spiro atoms. The predicted octanol–water partition coefficient (Wildman–Crippen LogP) is 0.116. The minimum absolute atomic E-state index is 0.102. The molecule has 0 aliphatic rings. The molecule has 1 amide bonds. The number of hydrogen-bond donors (Lipinski definition) is 2. The van der Waals surface area contributed by atoms with E-state index in [1.807, 2.05) is 30.3 Å². The second-order valence-corrected chi connectivity index (χ2v) is 5.20. The van der Waals surface area contributed by atoms with Crippen LogP contribution >= 0.6 is 0 Å². The molecular formula is C17H18N4O5. The third-order valence-corrected chi connectivity index (χ3v) is 3.36. The first kappa shape index (κ1) is 18.8. The minimum Gasteiger partial charge on any atom is -0.467 e. The second kappa shape index (κ2) is 9.11. The number of nitrogens with two attached hydrogens (primary N) is 1. The number of esters is 2. The molecule has 0 fully saturated rings. The lowest BCUT2D eigenvalue weighted by Gasteiger charge is -2.16. The number of methoxy groups -OCH3 is 1. The van der Waals surface area contributed by atoms with Crippen LogP contribution in [0.4, 0.5) is 5.82 Å². The number of nitrogen functional groups attached to an aromatic ring is 1. The Morgan fingerprint density at radius 1 is 1.15 bits per heavy atom. The number of nitrogens with one attached hydrogen (secondary N) is 1. The van der Waals surface area contributed by atoms with E-state index in [9.17, 15) is 14.4 Å². The summed E-state index contributed by atoms with van der Waals surface area (Å²) in [5, 5.41) is 2.48. The molecular weight excluding hydrogens is 340 g/mol. The van der Waals surface area contributed by atoms with Crippen LogP contribution < -0.4 is 11.1 Å². The van der Waals surface area contributed by atoms with E-state index in [0.717, 1.165) is 5.56 Å². The number of hydrogen-bond acceptors (Lipinski definition) is 8. The van der Waals surface area contributed by atoms with Gasteiger partial charge in [-0.05, 0) is 5.56 Å². The number of amides is 1. The highest BCUT2D eigenvalue weighted by atomic mass is 16.5. The molecule has 1 aromatic carbocycles. The minimum atomic E-state index is -0.907. The zero-order chi connectivity index (χ0) is 18.9. The first-order valence-electron chi connectivity index (χ1n) is 7.66. The van der Waals surface area contributed by atoms with Gasteiger partial charge in [-0.1, -0.05) is 30.3 Å². The quantitative estimate of drug-likeness (QED) is 0.667. The summed E-state index contributed by atoms with van der Waals surface area (Å²) in [7, 11) is 1.23. The van der Waals surface area contributed by atoms with E-state index in [0.29, 0.717) is 0 Å². The lowest BCUT2D eigenvalue weighted by Crippen LogP contribution is -2.44. The number of aromatic nitrogens is 2. The Bertz CT molecular complexity index is 782. The van der Waals surface area contributed by atoms with Crippen LogP contribution in [0.1, 0.15) is 16.1 Å². The fraction of sp³-hybridized carbons (Fsp3) is 0.235. The normalized spacial score (nSPS) is 11.3. The van der Waals surface area contributed by atoms with Crippen LogP contribution in [0.2, 0.25) is 0 Å². The van der Waals surface area contributed by atoms with Gasteiger partial charge in [0.1, 0.15) is 6.04 Å². The Morgan fingerprint density at radius 2 is 1.85 bits per heavy atom. The lowest BCUT2D eigenvalue weighted by molar-refractivity contribution is -0.145. The van der Waals surface area contributed by atoms with Gasteiger partial charge < -0.3 is 20.5 Å². The Hall–Kier alpha value is -3.49. The van der Waals surface area contributed by atoms with Gasteiger partial charge in [0.2, 0.25) is 0 Å². The summed E-state index contributed by atoms with van der Waals surface area (Å²) in [6.07, 6.45) is 2.84. The number of carbonyl (C=O) groups is 3. The smallest absolute Gasteiger partial charge is 0.361 e. The van der Waals surface area contributed by atoms with Crippen molar-refractivity contribution in [1.82, 2.24) is 15.3 Å². The zero-order valence-electron chi connectivity index (χ0n) is 14.0. The third kappa shape index (κ3) is 5.26. The maximum absolute atomic E-state index is 12.0. The molecule has 0 radical (unpaired) electrons. The largest absolute Gasteiger partial charge is 0.467 e. The standard InChI is InChI=1S/C17H18N4O5/c1-25-16(23)12(9-11-5-3-2-4-6-11)21-13(22)10-26-17(24)14-15(18)20-8-7-19-14/h2-8,12H,9-10H2,1H3,(H2,18,20)(H,21,22). The van der Waals surface area contributed by atoms with Gasteiger partial charge in [-0.25, -0.2) is 19.6 Å². The molecule has 1 unspecified atom stereocenters. The van der Waals surface area contributed by atoms with E-state index in [1.165, 1.54) is 19.5 Å².